The fourth-order valence-corrected chi connectivity index (χ4v) is 1.10. The lowest BCUT2D eigenvalue weighted by atomic mass is 10.2. The van der Waals surface area contributed by atoms with Crippen LogP contribution in [0.5, 0.6) is 0 Å². The standard InChI is InChI=1S/C10H4N4O/c11-3-8-9(4-12)14-10(5-13-8)7-1-2-15-6-7/h1-2,5-6H. The number of hydrogen-bond acceptors (Lipinski definition) is 5. The first-order chi connectivity index (χ1) is 7.35. The molecule has 0 spiro atoms. The molecule has 0 aliphatic carbocycles. The zero-order valence-corrected chi connectivity index (χ0v) is 7.51. The molecule has 15 heavy (non-hydrogen) atoms. The molecule has 0 aromatic carbocycles. The van der Waals surface area contributed by atoms with E-state index in [1.165, 1.54) is 18.7 Å². The highest BCUT2D eigenvalue weighted by Crippen LogP contribution is 2.17. The van der Waals surface area contributed by atoms with Crippen molar-refractivity contribution in [2.45, 2.75) is 0 Å². The Morgan fingerprint density at radius 2 is 2.00 bits per heavy atom. The van der Waals surface area contributed by atoms with Gasteiger partial charge in [-0.15, -0.1) is 0 Å². The van der Waals surface area contributed by atoms with Crippen LogP contribution in [-0.2, 0) is 0 Å². The molecule has 0 amide bonds. The lowest BCUT2D eigenvalue weighted by Crippen LogP contribution is -1.95. The van der Waals surface area contributed by atoms with Crippen LogP contribution in [0, 0.1) is 22.7 Å². The molecule has 2 heterocycles. The molecule has 0 atom stereocenters. The first kappa shape index (κ1) is 8.92. The van der Waals surface area contributed by atoms with E-state index in [-0.39, 0.29) is 11.4 Å². The van der Waals surface area contributed by atoms with E-state index in [4.69, 9.17) is 14.9 Å². The molecule has 2 aromatic heterocycles. The first-order valence-electron chi connectivity index (χ1n) is 4.05. The van der Waals surface area contributed by atoms with E-state index in [9.17, 15) is 0 Å². The molecule has 2 rings (SSSR count). The Labute approximate surface area is 85.2 Å². The zero-order valence-electron chi connectivity index (χ0n) is 7.51. The fraction of sp³-hybridized carbons (Fsp3) is 0. The van der Waals surface area contributed by atoms with E-state index in [0.717, 1.165) is 5.56 Å². The van der Waals surface area contributed by atoms with Crippen molar-refractivity contribution in [1.29, 1.82) is 10.5 Å². The second kappa shape index (κ2) is 3.60. The molecule has 0 fully saturated rings. The molecule has 2 aromatic rings. The summed E-state index contributed by atoms with van der Waals surface area (Å²) in [7, 11) is 0. The van der Waals surface area contributed by atoms with E-state index in [1.807, 2.05) is 6.07 Å². The molecule has 0 unspecified atom stereocenters. The molecule has 5 heteroatoms. The van der Waals surface area contributed by atoms with Crippen molar-refractivity contribution >= 4 is 0 Å². The third-order valence-electron chi connectivity index (χ3n) is 1.80. The predicted octanol–water partition coefficient (Wildman–Crippen LogP) is 1.48. The second-order valence-corrected chi connectivity index (χ2v) is 2.69. The van der Waals surface area contributed by atoms with Crippen molar-refractivity contribution in [1.82, 2.24) is 9.97 Å². The lowest BCUT2D eigenvalue weighted by Gasteiger charge is -1.96. The summed E-state index contributed by atoms with van der Waals surface area (Å²) in [5, 5.41) is 17.4. The van der Waals surface area contributed by atoms with Crippen LogP contribution in [0.1, 0.15) is 11.4 Å². The van der Waals surface area contributed by atoms with E-state index < -0.39 is 0 Å². The van der Waals surface area contributed by atoms with Gasteiger partial charge in [0.15, 0.2) is 11.4 Å². The Morgan fingerprint density at radius 1 is 1.20 bits per heavy atom. The van der Waals surface area contributed by atoms with Gasteiger partial charge in [0, 0.05) is 5.56 Å². The van der Waals surface area contributed by atoms with Gasteiger partial charge < -0.3 is 4.42 Å². The lowest BCUT2D eigenvalue weighted by molar-refractivity contribution is 0.568. The summed E-state index contributed by atoms with van der Waals surface area (Å²) in [5.41, 5.74) is 1.30. The predicted molar refractivity (Wildman–Crippen MR) is 49.2 cm³/mol. The third-order valence-corrected chi connectivity index (χ3v) is 1.80. The fourth-order valence-electron chi connectivity index (χ4n) is 1.10. The molecular formula is C10H4N4O. The van der Waals surface area contributed by atoms with Crippen molar-refractivity contribution in [3.63, 3.8) is 0 Å². The number of hydrogen-bond donors (Lipinski definition) is 0. The largest absolute Gasteiger partial charge is 0.472 e. The van der Waals surface area contributed by atoms with Crippen LogP contribution in [0.3, 0.4) is 0 Å². The van der Waals surface area contributed by atoms with Gasteiger partial charge in [-0.3, -0.25) is 0 Å². The number of nitrogens with zero attached hydrogens (tertiary/aromatic N) is 4. The van der Waals surface area contributed by atoms with Crippen molar-refractivity contribution < 1.29 is 4.42 Å². The number of aromatic nitrogens is 2. The van der Waals surface area contributed by atoms with Crippen LogP contribution >= 0.6 is 0 Å². The summed E-state index contributed by atoms with van der Waals surface area (Å²) in [6.07, 6.45) is 4.43. The monoisotopic (exact) mass is 196 g/mol. The number of rotatable bonds is 1. The van der Waals surface area contributed by atoms with Crippen molar-refractivity contribution in [2.24, 2.45) is 0 Å². The number of furan rings is 1. The molecule has 0 radical (unpaired) electrons. The maximum absolute atomic E-state index is 8.74. The van der Waals surface area contributed by atoms with Gasteiger partial charge in [0.2, 0.25) is 0 Å². The summed E-state index contributed by atoms with van der Waals surface area (Å²) >= 11 is 0. The molecule has 0 aliphatic rings. The molecule has 0 saturated carbocycles. The highest BCUT2D eigenvalue weighted by Gasteiger charge is 2.08. The Kier molecular flexibility index (Phi) is 2.14. The summed E-state index contributed by atoms with van der Waals surface area (Å²) in [6.45, 7) is 0. The van der Waals surface area contributed by atoms with Crippen LogP contribution in [0.15, 0.2) is 29.2 Å². The SMILES string of the molecule is N#Cc1ncc(-c2ccoc2)nc1C#N. The van der Waals surface area contributed by atoms with Gasteiger partial charge >= 0.3 is 0 Å². The maximum atomic E-state index is 8.74. The average Bonchev–Trinajstić information content (AvgIpc) is 2.81. The molecule has 0 N–H and O–H groups in total. The smallest absolute Gasteiger partial charge is 0.177 e. The minimum atomic E-state index is 0.0243. The normalized spacial score (nSPS) is 9.20. The van der Waals surface area contributed by atoms with E-state index in [0.29, 0.717) is 5.69 Å². The molecule has 70 valence electrons. The average molecular weight is 196 g/mol. The quantitative estimate of drug-likeness (QED) is 0.689. The molecule has 5 nitrogen and oxygen atoms in total. The van der Waals surface area contributed by atoms with Gasteiger partial charge in [0.1, 0.15) is 12.1 Å². The van der Waals surface area contributed by atoms with Crippen molar-refractivity contribution in [3.8, 4) is 23.4 Å². The van der Waals surface area contributed by atoms with Crippen LogP contribution in [0.2, 0.25) is 0 Å². The van der Waals surface area contributed by atoms with Crippen molar-refractivity contribution in [3.05, 3.63) is 36.2 Å². The summed E-state index contributed by atoms with van der Waals surface area (Å²) in [4.78, 5) is 7.83. The molecule has 0 saturated heterocycles. The van der Waals surface area contributed by atoms with Crippen LogP contribution in [0.4, 0.5) is 0 Å². The second-order valence-electron chi connectivity index (χ2n) is 2.69. The van der Waals surface area contributed by atoms with Crippen LogP contribution < -0.4 is 0 Å². The van der Waals surface area contributed by atoms with Gasteiger partial charge in [-0.2, -0.15) is 10.5 Å². The van der Waals surface area contributed by atoms with E-state index in [1.54, 1.807) is 12.1 Å². The minimum absolute atomic E-state index is 0.0243. The van der Waals surface area contributed by atoms with Crippen LogP contribution in [0.25, 0.3) is 11.3 Å². The van der Waals surface area contributed by atoms with Crippen LogP contribution in [-0.4, -0.2) is 9.97 Å². The molecular weight excluding hydrogens is 192 g/mol. The topological polar surface area (TPSA) is 86.5 Å². The zero-order chi connectivity index (χ0) is 10.7. The summed E-state index contributed by atoms with van der Waals surface area (Å²) in [5.74, 6) is 0. The minimum Gasteiger partial charge on any atom is -0.472 e. The van der Waals surface area contributed by atoms with Gasteiger partial charge in [-0.05, 0) is 6.07 Å². The summed E-state index contributed by atoms with van der Waals surface area (Å²) in [6, 6.07) is 5.33. The summed E-state index contributed by atoms with van der Waals surface area (Å²) < 4.78 is 4.88. The molecule has 0 bridgehead atoms. The van der Waals surface area contributed by atoms with Gasteiger partial charge in [-0.1, -0.05) is 0 Å². The Balaban J connectivity index is 2.56. The van der Waals surface area contributed by atoms with Gasteiger partial charge in [-0.25, -0.2) is 9.97 Å². The van der Waals surface area contributed by atoms with Crippen molar-refractivity contribution in [2.75, 3.05) is 0 Å². The van der Waals surface area contributed by atoms with Gasteiger partial charge in [0.25, 0.3) is 0 Å². The number of nitriles is 2. The maximum Gasteiger partial charge on any atom is 0.177 e. The third kappa shape index (κ3) is 1.54. The van der Waals surface area contributed by atoms with E-state index >= 15 is 0 Å². The Bertz CT molecular complexity index is 560. The van der Waals surface area contributed by atoms with E-state index in [2.05, 4.69) is 9.97 Å². The Morgan fingerprint density at radius 3 is 2.60 bits per heavy atom. The highest BCUT2D eigenvalue weighted by molar-refractivity contribution is 5.57. The Hall–Kier alpha value is -2.66. The first-order valence-corrected chi connectivity index (χ1v) is 4.05. The van der Waals surface area contributed by atoms with Gasteiger partial charge in [0.05, 0.1) is 24.4 Å². The highest BCUT2D eigenvalue weighted by atomic mass is 16.3. The molecule has 0 aliphatic heterocycles.